The van der Waals surface area contributed by atoms with E-state index in [4.69, 9.17) is 0 Å². The number of hydrogen-bond acceptors (Lipinski definition) is 5. The van der Waals surface area contributed by atoms with Crippen molar-refractivity contribution < 1.29 is 5.11 Å². The third kappa shape index (κ3) is 4.42. The quantitative estimate of drug-likeness (QED) is 0.598. The van der Waals surface area contributed by atoms with Gasteiger partial charge in [-0.05, 0) is 43.1 Å². The number of hydrogen-bond donors (Lipinski definition) is 1. The Morgan fingerprint density at radius 1 is 1.03 bits per heavy atom. The monoisotopic (exact) mass is 440 g/mol. The molecule has 1 aromatic carbocycles. The summed E-state index contributed by atoms with van der Waals surface area (Å²) in [4.78, 5) is 15.0. The maximum absolute atomic E-state index is 12.3. The molecule has 0 bridgehead atoms. The number of benzene rings is 1. The van der Waals surface area contributed by atoms with Crippen molar-refractivity contribution in [1.29, 1.82) is 0 Å². The standard InChI is InChI=1S/C28H32N4O/c1-20(2)23-8-10-24(11-9-23)28(33,27(4)17-32(5)18-27)25-14-22(15-30-16-25)7-6-21(3)26-12-13-29-19-31-26/h8-16,19-21,33H,17-18H2,1-5H3/t21-,28+/m1/s1. The maximum Gasteiger partial charge on any atom is 0.124 e. The minimum absolute atomic E-state index is 0.0306. The Bertz CT molecular complexity index is 1160. The van der Waals surface area contributed by atoms with Crippen molar-refractivity contribution in [2.24, 2.45) is 5.41 Å². The zero-order valence-electron chi connectivity index (χ0n) is 20.1. The van der Waals surface area contributed by atoms with Crippen LogP contribution < -0.4 is 0 Å². The molecule has 0 saturated carbocycles. The van der Waals surface area contributed by atoms with Gasteiger partial charge in [-0.25, -0.2) is 9.97 Å². The second-order valence-corrected chi connectivity index (χ2v) is 9.81. The molecule has 3 heterocycles. The first kappa shape index (κ1) is 23.1. The van der Waals surface area contributed by atoms with Gasteiger partial charge in [0, 0.05) is 48.2 Å². The minimum atomic E-state index is -1.17. The van der Waals surface area contributed by atoms with Crippen LogP contribution in [0.2, 0.25) is 0 Å². The first-order chi connectivity index (χ1) is 15.7. The van der Waals surface area contributed by atoms with Crippen molar-refractivity contribution in [3.63, 3.8) is 0 Å². The summed E-state index contributed by atoms with van der Waals surface area (Å²) in [6, 6.07) is 12.2. The molecule has 33 heavy (non-hydrogen) atoms. The fourth-order valence-corrected chi connectivity index (χ4v) is 4.88. The summed E-state index contributed by atoms with van der Waals surface area (Å²) in [7, 11) is 2.08. The first-order valence-corrected chi connectivity index (χ1v) is 11.5. The van der Waals surface area contributed by atoms with Crippen LogP contribution >= 0.6 is 0 Å². The molecule has 1 N–H and O–H groups in total. The minimum Gasteiger partial charge on any atom is -0.380 e. The Kier molecular flexibility index (Phi) is 6.34. The smallest absolute Gasteiger partial charge is 0.124 e. The molecule has 0 radical (unpaired) electrons. The Morgan fingerprint density at radius 2 is 1.76 bits per heavy atom. The zero-order chi connectivity index (χ0) is 23.6. The van der Waals surface area contributed by atoms with E-state index in [1.807, 2.05) is 19.1 Å². The molecule has 2 aromatic heterocycles. The van der Waals surface area contributed by atoms with Crippen molar-refractivity contribution >= 4 is 0 Å². The van der Waals surface area contributed by atoms with Gasteiger partial charge in [-0.2, -0.15) is 0 Å². The van der Waals surface area contributed by atoms with Gasteiger partial charge in [0.2, 0.25) is 0 Å². The Morgan fingerprint density at radius 3 is 2.36 bits per heavy atom. The van der Waals surface area contributed by atoms with Crippen LogP contribution in [0.4, 0.5) is 0 Å². The van der Waals surface area contributed by atoms with Crippen LogP contribution in [0.1, 0.15) is 67.5 Å². The van der Waals surface area contributed by atoms with Crippen molar-refractivity contribution in [2.45, 2.75) is 45.1 Å². The number of aliphatic hydroxyl groups is 1. The molecule has 3 aromatic rings. The van der Waals surface area contributed by atoms with Crippen molar-refractivity contribution in [2.75, 3.05) is 20.1 Å². The molecule has 1 aliphatic heterocycles. The summed E-state index contributed by atoms with van der Waals surface area (Å²) in [6.45, 7) is 10.1. The van der Waals surface area contributed by atoms with E-state index in [2.05, 4.69) is 83.8 Å². The lowest BCUT2D eigenvalue weighted by Crippen LogP contribution is -2.63. The predicted octanol–water partition coefficient (Wildman–Crippen LogP) is 4.34. The fourth-order valence-electron chi connectivity index (χ4n) is 4.88. The number of likely N-dealkylation sites (tertiary alicyclic amines) is 1. The predicted molar refractivity (Wildman–Crippen MR) is 131 cm³/mol. The Hall–Kier alpha value is -3.07. The van der Waals surface area contributed by atoms with Crippen LogP contribution in [-0.2, 0) is 5.60 Å². The summed E-state index contributed by atoms with van der Waals surface area (Å²) in [6.07, 6.45) is 6.79. The lowest BCUT2D eigenvalue weighted by Gasteiger charge is -2.55. The second kappa shape index (κ2) is 9.05. The van der Waals surface area contributed by atoms with Gasteiger partial charge < -0.3 is 10.0 Å². The molecule has 170 valence electrons. The SMILES string of the molecule is CC(C)c1ccc([C@](O)(c2cncc(C#C[C@@H](C)c3ccncn3)c2)C2(C)CN(C)C2)cc1. The van der Waals surface area contributed by atoms with E-state index in [0.717, 1.165) is 35.5 Å². The van der Waals surface area contributed by atoms with Crippen LogP contribution in [-0.4, -0.2) is 45.1 Å². The molecule has 1 fully saturated rings. The third-order valence-corrected chi connectivity index (χ3v) is 6.74. The molecular formula is C28H32N4O. The second-order valence-electron chi connectivity index (χ2n) is 9.81. The Labute approximate surface area is 196 Å². The highest BCUT2D eigenvalue weighted by molar-refractivity contribution is 5.45. The normalized spacial score (nSPS) is 18.0. The van der Waals surface area contributed by atoms with Crippen molar-refractivity contribution in [1.82, 2.24) is 19.9 Å². The van der Waals surface area contributed by atoms with E-state index in [0.29, 0.717) is 5.92 Å². The number of rotatable bonds is 5. The molecule has 5 heteroatoms. The summed E-state index contributed by atoms with van der Waals surface area (Å²) in [5.74, 6) is 6.90. The average molecular weight is 441 g/mol. The molecule has 0 spiro atoms. The van der Waals surface area contributed by atoms with Crippen LogP contribution in [0.25, 0.3) is 0 Å². The molecule has 0 aliphatic carbocycles. The lowest BCUT2D eigenvalue weighted by atomic mass is 9.62. The molecule has 1 saturated heterocycles. The number of aromatic nitrogens is 3. The topological polar surface area (TPSA) is 62.1 Å². The van der Waals surface area contributed by atoms with Gasteiger partial charge in [-0.15, -0.1) is 0 Å². The first-order valence-electron chi connectivity index (χ1n) is 11.5. The molecular weight excluding hydrogens is 408 g/mol. The highest BCUT2D eigenvalue weighted by Crippen LogP contribution is 2.50. The molecule has 0 unspecified atom stereocenters. The van der Waals surface area contributed by atoms with Gasteiger partial charge in [0.05, 0.1) is 11.6 Å². The summed E-state index contributed by atoms with van der Waals surface area (Å²) in [5, 5.41) is 12.3. The summed E-state index contributed by atoms with van der Waals surface area (Å²) >= 11 is 0. The third-order valence-electron chi connectivity index (χ3n) is 6.74. The van der Waals surface area contributed by atoms with Crippen LogP contribution in [0.5, 0.6) is 0 Å². The average Bonchev–Trinajstić information content (AvgIpc) is 2.81. The van der Waals surface area contributed by atoms with E-state index < -0.39 is 5.60 Å². The Balaban J connectivity index is 1.72. The van der Waals surface area contributed by atoms with Crippen LogP contribution in [0, 0.1) is 17.3 Å². The van der Waals surface area contributed by atoms with Crippen LogP contribution in [0.15, 0.2) is 61.3 Å². The summed E-state index contributed by atoms with van der Waals surface area (Å²) < 4.78 is 0. The maximum atomic E-state index is 12.3. The van der Waals surface area contributed by atoms with Gasteiger partial charge >= 0.3 is 0 Å². The van der Waals surface area contributed by atoms with Crippen LogP contribution in [0.3, 0.4) is 0 Å². The highest BCUT2D eigenvalue weighted by atomic mass is 16.3. The molecule has 5 nitrogen and oxygen atoms in total. The van der Waals surface area contributed by atoms with E-state index in [9.17, 15) is 5.11 Å². The van der Waals surface area contributed by atoms with Crippen molar-refractivity contribution in [3.8, 4) is 11.8 Å². The van der Waals surface area contributed by atoms with E-state index in [-0.39, 0.29) is 11.3 Å². The van der Waals surface area contributed by atoms with Gasteiger partial charge in [-0.3, -0.25) is 4.98 Å². The van der Waals surface area contributed by atoms with Crippen molar-refractivity contribution in [3.05, 3.63) is 89.3 Å². The van der Waals surface area contributed by atoms with Gasteiger partial charge in [0.1, 0.15) is 11.9 Å². The van der Waals surface area contributed by atoms with Gasteiger partial charge in [0.15, 0.2) is 0 Å². The van der Waals surface area contributed by atoms with Gasteiger partial charge in [-0.1, -0.05) is 56.9 Å². The lowest BCUT2D eigenvalue weighted by molar-refractivity contribution is -0.127. The molecule has 4 rings (SSSR count). The van der Waals surface area contributed by atoms with Gasteiger partial charge in [0.25, 0.3) is 0 Å². The van der Waals surface area contributed by atoms with E-state index >= 15 is 0 Å². The molecule has 2 atom stereocenters. The largest absolute Gasteiger partial charge is 0.380 e. The number of nitrogens with zero attached hydrogens (tertiary/aromatic N) is 4. The molecule has 1 aliphatic rings. The zero-order valence-corrected chi connectivity index (χ0v) is 20.1. The highest BCUT2D eigenvalue weighted by Gasteiger charge is 2.55. The summed E-state index contributed by atoms with van der Waals surface area (Å²) in [5.41, 5.74) is 3.09. The van der Waals surface area contributed by atoms with E-state index in [1.54, 1.807) is 18.6 Å². The number of pyridine rings is 1. The molecule has 0 amide bonds. The fraction of sp³-hybridized carbons (Fsp3) is 0.393. The van der Waals surface area contributed by atoms with E-state index in [1.165, 1.54) is 11.9 Å².